The molecule has 0 atom stereocenters. The van der Waals surface area contributed by atoms with E-state index in [0.717, 1.165) is 0 Å². The summed E-state index contributed by atoms with van der Waals surface area (Å²) >= 11 is 0. The number of nitrogens with one attached hydrogen (secondary N) is 1. The summed E-state index contributed by atoms with van der Waals surface area (Å²) in [5.74, 6) is 1.88. The molecule has 4 nitrogen and oxygen atoms in total. The predicted molar refractivity (Wildman–Crippen MR) is 133 cm³/mol. The van der Waals surface area contributed by atoms with Crippen molar-refractivity contribution in [3.63, 3.8) is 0 Å². The van der Waals surface area contributed by atoms with E-state index in [9.17, 15) is 9.90 Å². The zero-order chi connectivity index (χ0) is 24.4. The summed E-state index contributed by atoms with van der Waals surface area (Å²) in [5.41, 5.74) is 4.73. The fourth-order valence-corrected chi connectivity index (χ4v) is 9.85. The molecule has 0 aromatic heterocycles. The molecular weight excluding hydrogens is 421 g/mol. The van der Waals surface area contributed by atoms with E-state index in [2.05, 4.69) is 58.3 Å². The van der Waals surface area contributed by atoms with E-state index >= 15 is 4.39 Å². The zero-order valence-electron chi connectivity index (χ0n) is 20.7. The average Bonchev–Trinajstić information content (AvgIpc) is 2.63. The number of phenolic OH excluding ortho intramolecular Hbond substituents is 1. The lowest BCUT2D eigenvalue weighted by atomic mass is 10.0. The van der Waals surface area contributed by atoms with Crippen LogP contribution in [0.15, 0.2) is 24.3 Å². The number of carbonyl (C=O) groups is 1. The van der Waals surface area contributed by atoms with Crippen molar-refractivity contribution < 1.29 is 19.0 Å². The molecule has 0 unspecified atom stereocenters. The Bertz CT molecular complexity index is 1040. The van der Waals surface area contributed by atoms with Gasteiger partial charge in [-0.05, 0) is 54.9 Å². The number of hydrogen-bond acceptors (Lipinski definition) is 3. The number of anilines is 1. The molecule has 2 aromatic rings. The number of rotatable bonds is 4. The minimum absolute atomic E-state index is 0.135. The van der Waals surface area contributed by atoms with Crippen LogP contribution in [0.1, 0.15) is 67.9 Å². The van der Waals surface area contributed by atoms with Crippen molar-refractivity contribution in [2.24, 2.45) is 0 Å². The summed E-state index contributed by atoms with van der Waals surface area (Å²) in [7, 11) is -1.99. The standard InChI is InChI=1S/C26H36FNO3Si/c1-16(2)32(17(3)4,18(5)6)14-13-19-11-10-12-20-15-21(23(27)24(29)22(19)20)28-25(30)31-26(7,8)9/h10-12,15-18,29H,1-9H3,(H,28,30). The van der Waals surface area contributed by atoms with E-state index in [1.165, 1.54) is 6.07 Å². The van der Waals surface area contributed by atoms with Gasteiger partial charge in [-0.2, -0.15) is 0 Å². The van der Waals surface area contributed by atoms with Crippen molar-refractivity contribution in [3.05, 3.63) is 35.6 Å². The molecule has 174 valence electrons. The molecule has 0 fully saturated rings. The highest BCUT2D eigenvalue weighted by Gasteiger charge is 2.41. The Labute approximate surface area is 192 Å². The van der Waals surface area contributed by atoms with Crippen molar-refractivity contribution in [1.82, 2.24) is 0 Å². The molecule has 0 spiro atoms. The van der Waals surface area contributed by atoms with Gasteiger partial charge in [0.2, 0.25) is 0 Å². The zero-order valence-corrected chi connectivity index (χ0v) is 21.7. The molecule has 32 heavy (non-hydrogen) atoms. The van der Waals surface area contributed by atoms with Gasteiger partial charge in [-0.3, -0.25) is 5.32 Å². The minimum atomic E-state index is -1.99. The van der Waals surface area contributed by atoms with Gasteiger partial charge in [0.1, 0.15) is 13.7 Å². The number of carbonyl (C=O) groups excluding carboxylic acids is 1. The van der Waals surface area contributed by atoms with Gasteiger partial charge in [0, 0.05) is 10.9 Å². The first-order valence-corrected chi connectivity index (χ1v) is 13.4. The number of aromatic hydroxyl groups is 1. The third-order valence-corrected chi connectivity index (χ3v) is 12.3. The molecule has 0 saturated heterocycles. The van der Waals surface area contributed by atoms with Crippen molar-refractivity contribution in [2.45, 2.75) is 84.5 Å². The van der Waals surface area contributed by atoms with Crippen molar-refractivity contribution in [1.29, 1.82) is 0 Å². The molecular formula is C26H36FNO3Si. The van der Waals surface area contributed by atoms with E-state index in [4.69, 9.17) is 4.74 Å². The Morgan fingerprint density at radius 2 is 1.66 bits per heavy atom. The van der Waals surface area contributed by atoms with Crippen LogP contribution in [-0.4, -0.2) is 24.9 Å². The van der Waals surface area contributed by atoms with Gasteiger partial charge in [0.25, 0.3) is 0 Å². The van der Waals surface area contributed by atoms with Crippen LogP contribution in [0.25, 0.3) is 10.8 Å². The maximum atomic E-state index is 15.0. The maximum Gasteiger partial charge on any atom is 0.412 e. The van der Waals surface area contributed by atoms with Crippen LogP contribution in [0, 0.1) is 17.3 Å². The van der Waals surface area contributed by atoms with Crippen molar-refractivity contribution in [3.8, 4) is 17.2 Å². The van der Waals surface area contributed by atoms with Crippen LogP contribution in [0.3, 0.4) is 0 Å². The summed E-state index contributed by atoms with van der Waals surface area (Å²) in [6, 6.07) is 6.88. The fourth-order valence-electron chi connectivity index (χ4n) is 4.63. The first kappa shape index (κ1) is 25.7. The normalized spacial score (nSPS) is 12.3. The molecule has 0 aliphatic rings. The van der Waals surface area contributed by atoms with Crippen LogP contribution in [-0.2, 0) is 4.74 Å². The lowest BCUT2D eigenvalue weighted by molar-refractivity contribution is 0.0635. The topological polar surface area (TPSA) is 58.6 Å². The molecule has 0 saturated carbocycles. The monoisotopic (exact) mass is 457 g/mol. The van der Waals surface area contributed by atoms with E-state index in [0.29, 0.717) is 33.0 Å². The van der Waals surface area contributed by atoms with Crippen molar-refractivity contribution in [2.75, 3.05) is 5.32 Å². The Morgan fingerprint density at radius 3 is 2.16 bits per heavy atom. The van der Waals surface area contributed by atoms with E-state index < -0.39 is 31.3 Å². The molecule has 6 heteroatoms. The third kappa shape index (κ3) is 5.27. The van der Waals surface area contributed by atoms with E-state index in [1.54, 1.807) is 32.9 Å². The van der Waals surface area contributed by atoms with Gasteiger partial charge >= 0.3 is 6.09 Å². The molecule has 2 N–H and O–H groups in total. The quantitative estimate of drug-likeness (QED) is 0.367. The molecule has 0 bridgehead atoms. The molecule has 0 aliphatic carbocycles. The number of phenols is 1. The fraction of sp³-hybridized carbons (Fsp3) is 0.500. The van der Waals surface area contributed by atoms with E-state index in [1.807, 2.05) is 6.07 Å². The number of ether oxygens (including phenoxy) is 1. The highest BCUT2D eigenvalue weighted by Crippen LogP contribution is 2.41. The van der Waals surface area contributed by atoms with Gasteiger partial charge in [0.05, 0.1) is 5.69 Å². The SMILES string of the molecule is CC(C)[Si](C#Cc1cccc2cc(NC(=O)OC(C)(C)C)c(F)c(O)c12)(C(C)C)C(C)C. The highest BCUT2D eigenvalue weighted by molar-refractivity contribution is 6.90. The first-order chi connectivity index (χ1) is 14.7. The van der Waals surface area contributed by atoms with Gasteiger partial charge in [-0.15, -0.1) is 5.54 Å². The number of halogens is 1. The van der Waals surface area contributed by atoms with Crippen molar-refractivity contribution >= 4 is 30.6 Å². The summed E-state index contributed by atoms with van der Waals surface area (Å²) in [5, 5.41) is 14.0. The van der Waals surface area contributed by atoms with E-state index in [-0.39, 0.29) is 5.69 Å². The Hall–Kier alpha value is -2.52. The summed E-state index contributed by atoms with van der Waals surface area (Å²) in [4.78, 5) is 12.1. The highest BCUT2D eigenvalue weighted by atomic mass is 28.3. The Kier molecular flexibility index (Phi) is 7.67. The molecule has 0 heterocycles. The summed E-state index contributed by atoms with van der Waals surface area (Å²) in [6.07, 6.45) is -0.785. The number of benzene rings is 2. The van der Waals surface area contributed by atoms with Crippen LogP contribution in [0.5, 0.6) is 5.75 Å². The Morgan fingerprint density at radius 1 is 1.09 bits per heavy atom. The number of hydrogen-bond donors (Lipinski definition) is 2. The predicted octanol–water partition coefficient (Wildman–Crippen LogP) is 7.60. The molecule has 2 aromatic carbocycles. The number of fused-ring (bicyclic) bond motifs is 1. The average molecular weight is 458 g/mol. The molecule has 1 amide bonds. The maximum absolute atomic E-state index is 15.0. The second-order valence-corrected chi connectivity index (χ2v) is 15.8. The van der Waals surface area contributed by atoms with Crippen LogP contribution < -0.4 is 5.32 Å². The molecule has 2 rings (SSSR count). The van der Waals surface area contributed by atoms with Crippen LogP contribution in [0.2, 0.25) is 16.6 Å². The molecule has 0 radical (unpaired) electrons. The first-order valence-electron chi connectivity index (χ1n) is 11.2. The Balaban J connectivity index is 2.60. The number of amides is 1. The van der Waals surface area contributed by atoms with Gasteiger partial charge < -0.3 is 9.84 Å². The summed E-state index contributed by atoms with van der Waals surface area (Å²) < 4.78 is 20.2. The minimum Gasteiger partial charge on any atom is -0.504 e. The van der Waals surface area contributed by atoms with Crippen LogP contribution in [0.4, 0.5) is 14.9 Å². The lowest BCUT2D eigenvalue weighted by Gasteiger charge is -2.38. The van der Waals surface area contributed by atoms with Gasteiger partial charge in [-0.25, -0.2) is 9.18 Å². The largest absolute Gasteiger partial charge is 0.504 e. The van der Waals surface area contributed by atoms with Crippen LogP contribution >= 0.6 is 0 Å². The van der Waals surface area contributed by atoms with Gasteiger partial charge in [-0.1, -0.05) is 59.6 Å². The second kappa shape index (κ2) is 9.54. The molecule has 0 aliphatic heterocycles. The smallest absolute Gasteiger partial charge is 0.412 e. The lowest BCUT2D eigenvalue weighted by Crippen LogP contribution is -2.43. The second-order valence-electron chi connectivity index (χ2n) is 10.3. The van der Waals surface area contributed by atoms with Gasteiger partial charge in [0.15, 0.2) is 11.6 Å². The third-order valence-electron chi connectivity index (χ3n) is 5.99. The summed E-state index contributed by atoms with van der Waals surface area (Å²) in [6.45, 7) is 18.6.